The fourth-order valence-electron chi connectivity index (χ4n) is 7.73. The Kier molecular flexibility index (Phi) is 16.7. The van der Waals surface area contributed by atoms with Gasteiger partial charge in [-0.15, -0.1) is 0 Å². The first-order chi connectivity index (χ1) is 32.1. The van der Waals surface area contributed by atoms with Crippen LogP contribution in [0.25, 0.3) is 11.4 Å². The number of nitrogens with two attached hydrogens (primary N) is 1. The average molecular weight is 911 g/mol. The number of carbonyl (C=O) groups excluding carboxylic acids is 4. The van der Waals surface area contributed by atoms with Crippen LogP contribution in [0.1, 0.15) is 44.8 Å². The largest absolute Gasteiger partial charge is 0.496 e. The zero-order valence-electron chi connectivity index (χ0n) is 36.8. The molecule has 0 radical (unpaired) electrons. The predicted octanol–water partition coefficient (Wildman–Crippen LogP) is 2.54. The first-order valence-corrected chi connectivity index (χ1v) is 21.9. The summed E-state index contributed by atoms with van der Waals surface area (Å²) in [7, 11) is 1.45. The third kappa shape index (κ3) is 11.9. The number of hydrogen-bond donors (Lipinski definition) is 5. The Hall–Kier alpha value is -6.42. The van der Waals surface area contributed by atoms with Crippen molar-refractivity contribution in [1.82, 2.24) is 30.4 Å². The van der Waals surface area contributed by atoms with Crippen LogP contribution in [0.2, 0.25) is 0 Å². The number of amides is 4. The number of ether oxygens (including phenoxy) is 5. The van der Waals surface area contributed by atoms with E-state index < -0.39 is 35.5 Å². The number of nitrogens with zero attached hydrogens (tertiary/aromatic N) is 5. The summed E-state index contributed by atoms with van der Waals surface area (Å²) in [5.74, 6) is -2.30. The number of carbonyl (C=O) groups is 4. The molecule has 350 valence electrons. The molecular weight excluding hydrogens is 856 g/mol. The van der Waals surface area contributed by atoms with Gasteiger partial charge in [-0.25, -0.2) is 14.4 Å². The first kappa shape index (κ1) is 47.5. The lowest BCUT2D eigenvalue weighted by atomic mass is 10.0. The van der Waals surface area contributed by atoms with Gasteiger partial charge in [0.1, 0.15) is 23.3 Å². The van der Waals surface area contributed by atoms with Crippen LogP contribution in [0, 0.1) is 11.2 Å². The molecule has 4 aromatic rings. The Labute approximate surface area is 381 Å². The maximum atomic E-state index is 14.7. The number of methoxy groups -OCH3 is 1. The van der Waals surface area contributed by atoms with E-state index in [1.165, 1.54) is 19.4 Å². The Bertz CT molecular complexity index is 2360. The molecule has 19 nitrogen and oxygen atoms in total. The van der Waals surface area contributed by atoms with Gasteiger partial charge in [-0.2, -0.15) is 0 Å². The summed E-state index contributed by atoms with van der Waals surface area (Å²) in [6.07, 6.45) is 1.56. The van der Waals surface area contributed by atoms with E-state index in [9.17, 15) is 23.6 Å². The molecular formula is C46H55FN10O9. The van der Waals surface area contributed by atoms with E-state index in [-0.39, 0.29) is 58.2 Å². The van der Waals surface area contributed by atoms with E-state index in [1.54, 1.807) is 30.3 Å². The predicted molar refractivity (Wildman–Crippen MR) is 242 cm³/mol. The number of hydrogen-bond acceptors (Lipinski definition) is 17. The summed E-state index contributed by atoms with van der Waals surface area (Å²) < 4.78 is 42.5. The average Bonchev–Trinajstić information content (AvgIpc) is 3.57. The fourth-order valence-corrected chi connectivity index (χ4v) is 7.73. The van der Waals surface area contributed by atoms with Crippen LogP contribution in [-0.2, 0) is 28.5 Å². The van der Waals surface area contributed by atoms with Gasteiger partial charge in [0.2, 0.25) is 11.8 Å². The lowest BCUT2D eigenvalue weighted by Crippen LogP contribution is -2.54. The smallest absolute Gasteiger partial charge is 0.262 e. The molecule has 2 saturated heterocycles. The molecule has 3 aliphatic rings. The highest BCUT2D eigenvalue weighted by Crippen LogP contribution is 2.32. The number of nitrogens with one attached hydrogen (secondary N) is 4. The Morgan fingerprint density at radius 3 is 2.20 bits per heavy atom. The number of piperazine rings is 1. The maximum absolute atomic E-state index is 14.7. The van der Waals surface area contributed by atoms with Gasteiger partial charge >= 0.3 is 0 Å². The van der Waals surface area contributed by atoms with E-state index in [2.05, 4.69) is 35.7 Å². The monoisotopic (exact) mass is 910 g/mol. The molecule has 3 aromatic carbocycles. The number of nitrogen functional groups attached to an aromatic ring is 1. The molecule has 66 heavy (non-hydrogen) atoms. The highest BCUT2D eigenvalue weighted by Gasteiger charge is 2.44. The van der Waals surface area contributed by atoms with Crippen LogP contribution < -0.4 is 31.3 Å². The van der Waals surface area contributed by atoms with E-state index in [1.807, 2.05) is 24.3 Å². The molecule has 0 saturated carbocycles. The van der Waals surface area contributed by atoms with Crippen LogP contribution in [0.5, 0.6) is 5.75 Å². The molecule has 0 bridgehead atoms. The standard InChI is InChI=1S/C46H55FN10O9/c1-62-38-4-2-3-35(47)40(38)43-52-28-36(48)42(54-43)41(49)30-5-8-32(9-6-30)56-17-15-55(16-18-56)29-50-13-19-63-21-23-65-25-26-66-24-22-64-20-14-51-31-7-10-33-34(27-31)46(61)57(45(33)60)37-11-12-39(58)53-44(37)59/h2-10,27-28,37,49-51H,11-26,29,48H2,1H3,(H,53,58,59). The van der Waals surface area contributed by atoms with Crippen LogP contribution in [0.15, 0.2) is 66.9 Å². The number of benzene rings is 3. The third-order valence-corrected chi connectivity index (χ3v) is 11.3. The van der Waals surface area contributed by atoms with E-state index in [0.29, 0.717) is 70.7 Å². The maximum Gasteiger partial charge on any atom is 0.262 e. The number of anilines is 3. The van der Waals surface area contributed by atoms with Gasteiger partial charge < -0.3 is 45.0 Å². The molecule has 1 unspecified atom stereocenters. The quantitative estimate of drug-likeness (QED) is 0.0386. The van der Waals surface area contributed by atoms with Crippen LogP contribution in [-0.4, -0.2) is 161 Å². The molecule has 0 aliphatic carbocycles. The third-order valence-electron chi connectivity index (χ3n) is 11.3. The summed E-state index contributed by atoms with van der Waals surface area (Å²) in [4.78, 5) is 63.9. The summed E-state index contributed by atoms with van der Waals surface area (Å²) in [6.45, 7) is 9.05. The van der Waals surface area contributed by atoms with Crippen molar-refractivity contribution in [3.63, 3.8) is 0 Å². The van der Waals surface area contributed by atoms with Crippen molar-refractivity contribution in [3.8, 4) is 17.1 Å². The number of rotatable bonds is 24. The summed E-state index contributed by atoms with van der Waals surface area (Å²) in [5, 5.41) is 17.6. The van der Waals surface area contributed by atoms with Gasteiger partial charge in [0, 0.05) is 69.3 Å². The van der Waals surface area contributed by atoms with Crippen LogP contribution in [0.3, 0.4) is 0 Å². The van der Waals surface area contributed by atoms with Crippen LogP contribution >= 0.6 is 0 Å². The number of piperidine rings is 1. The van der Waals surface area contributed by atoms with Gasteiger partial charge in [-0.3, -0.25) is 39.7 Å². The van der Waals surface area contributed by atoms with Crippen molar-refractivity contribution in [2.45, 2.75) is 18.9 Å². The van der Waals surface area contributed by atoms with Gasteiger partial charge in [0.15, 0.2) is 5.82 Å². The zero-order valence-corrected chi connectivity index (χ0v) is 36.8. The molecule has 7 rings (SSSR count). The van der Waals surface area contributed by atoms with Gasteiger partial charge in [0.25, 0.3) is 11.8 Å². The number of aromatic nitrogens is 2. The molecule has 1 aromatic heterocycles. The summed E-state index contributed by atoms with van der Waals surface area (Å²) in [6, 6.07) is 16.0. The van der Waals surface area contributed by atoms with Crippen molar-refractivity contribution in [3.05, 3.63) is 95.1 Å². The van der Waals surface area contributed by atoms with E-state index >= 15 is 0 Å². The Morgan fingerprint density at radius 2 is 1.52 bits per heavy atom. The summed E-state index contributed by atoms with van der Waals surface area (Å²) >= 11 is 0. The van der Waals surface area contributed by atoms with Crippen molar-refractivity contribution in [2.24, 2.45) is 0 Å². The van der Waals surface area contributed by atoms with Gasteiger partial charge in [0.05, 0.1) is 94.3 Å². The van der Waals surface area contributed by atoms with E-state index in [4.69, 9.17) is 34.8 Å². The molecule has 1 atom stereocenters. The highest BCUT2D eigenvalue weighted by atomic mass is 19.1. The molecule has 4 heterocycles. The minimum Gasteiger partial charge on any atom is -0.496 e. The zero-order chi connectivity index (χ0) is 46.4. The second kappa shape index (κ2) is 23.2. The lowest BCUT2D eigenvalue weighted by Gasteiger charge is -2.36. The fraction of sp³-hybridized carbons (Fsp3) is 0.413. The second-order valence-corrected chi connectivity index (χ2v) is 15.6. The summed E-state index contributed by atoms with van der Waals surface area (Å²) in [5.41, 5.74) is 9.60. The van der Waals surface area contributed by atoms with Crippen LogP contribution in [0.4, 0.5) is 21.5 Å². The van der Waals surface area contributed by atoms with Gasteiger partial charge in [-0.1, -0.05) is 18.2 Å². The number of imide groups is 2. The topological polar surface area (TPSA) is 236 Å². The molecule has 6 N–H and O–H groups in total. The van der Waals surface area contributed by atoms with Crippen molar-refractivity contribution in [2.75, 3.05) is 122 Å². The molecule has 3 aliphatic heterocycles. The highest BCUT2D eigenvalue weighted by molar-refractivity contribution is 6.23. The minimum atomic E-state index is -1.00. The lowest BCUT2D eigenvalue weighted by molar-refractivity contribution is -0.136. The normalized spacial score (nSPS) is 16.4. The molecule has 0 spiro atoms. The Morgan fingerprint density at radius 1 is 0.848 bits per heavy atom. The van der Waals surface area contributed by atoms with Crippen molar-refractivity contribution >= 4 is 46.4 Å². The first-order valence-electron chi connectivity index (χ1n) is 21.9. The minimum absolute atomic E-state index is 0.0681. The van der Waals surface area contributed by atoms with E-state index in [0.717, 1.165) is 50.0 Å². The van der Waals surface area contributed by atoms with Crippen molar-refractivity contribution < 1.29 is 47.3 Å². The second-order valence-electron chi connectivity index (χ2n) is 15.6. The van der Waals surface area contributed by atoms with Gasteiger partial charge in [-0.05, 0) is 48.9 Å². The number of fused-ring (bicyclic) bond motifs is 1. The van der Waals surface area contributed by atoms with Crippen molar-refractivity contribution in [1.29, 1.82) is 5.41 Å². The SMILES string of the molecule is COc1cccc(F)c1-c1ncc(N)c(C(=N)c2ccc(N3CCN(CNCCOCCOCCOCCOCCNc4ccc5c(c4)C(=O)N(C4CCC(=O)NC4=O)C5=O)CC3)cc2)n1. The number of halogens is 1. The molecule has 4 amide bonds. The molecule has 20 heteroatoms. The Balaban J connectivity index is 0.676. The molecule has 2 fully saturated rings.